The highest BCUT2D eigenvalue weighted by Gasteiger charge is 2.26. The Morgan fingerprint density at radius 2 is 1.88 bits per heavy atom. The first-order valence-electron chi connectivity index (χ1n) is 7.80. The molecule has 1 saturated heterocycles. The minimum absolute atomic E-state index is 0. The van der Waals surface area contributed by atoms with Crippen LogP contribution in [0, 0.1) is 5.82 Å². The predicted molar refractivity (Wildman–Crippen MR) is 99.0 cm³/mol. The van der Waals surface area contributed by atoms with Crippen LogP contribution in [0.15, 0.2) is 17.1 Å². The summed E-state index contributed by atoms with van der Waals surface area (Å²) in [5.74, 6) is -2.56. The molecule has 3 rings (SSSR count). The molecule has 1 aromatic carbocycles. The number of hydrogen-bond donors (Lipinski definition) is 3. The average molecular weight is 387 g/mol. The molecule has 1 aromatic heterocycles. The summed E-state index contributed by atoms with van der Waals surface area (Å²) in [5.41, 5.74) is 1.42. The van der Waals surface area contributed by atoms with Crippen molar-refractivity contribution in [1.29, 1.82) is 0 Å². The molecule has 0 saturated carbocycles. The van der Waals surface area contributed by atoms with Gasteiger partial charge in [-0.3, -0.25) is 9.47 Å². The average Bonchev–Trinajstić information content (AvgIpc) is 2.57. The van der Waals surface area contributed by atoms with E-state index < -0.39 is 22.8 Å². The Kier molecular flexibility index (Phi) is 5.62. The molecule has 10 heteroatoms. The highest BCUT2D eigenvalue weighted by atomic mass is 35.5. The Morgan fingerprint density at radius 1 is 1.27 bits per heavy atom. The summed E-state index contributed by atoms with van der Waals surface area (Å²) in [7, 11) is 3.47. The highest BCUT2D eigenvalue weighted by molar-refractivity contribution is 5.96. The third kappa shape index (κ3) is 3.15. The topological polar surface area (TPSA) is 98.0 Å². The number of carboxylic acids is 1. The minimum atomic E-state index is -1.42. The zero-order valence-corrected chi connectivity index (χ0v) is 15.1. The zero-order valence-electron chi connectivity index (χ0n) is 14.3. The van der Waals surface area contributed by atoms with Gasteiger partial charge in [0.2, 0.25) is 5.43 Å². The van der Waals surface area contributed by atoms with Gasteiger partial charge < -0.3 is 25.4 Å². The molecule has 0 unspecified atom stereocenters. The molecule has 26 heavy (non-hydrogen) atoms. The summed E-state index contributed by atoms with van der Waals surface area (Å²) < 4.78 is 15.9. The maximum Gasteiger partial charge on any atom is 0.341 e. The van der Waals surface area contributed by atoms with Crippen molar-refractivity contribution in [3.8, 4) is 5.75 Å². The third-order valence-corrected chi connectivity index (χ3v) is 4.48. The van der Waals surface area contributed by atoms with Crippen LogP contribution in [-0.4, -0.2) is 66.0 Å². The Labute approximate surface area is 154 Å². The molecule has 0 atom stereocenters. The highest BCUT2D eigenvalue weighted by Crippen LogP contribution is 2.37. The second kappa shape index (κ2) is 7.38. The second-order valence-corrected chi connectivity index (χ2v) is 6.01. The fraction of sp³-hybridized carbons (Fsp3) is 0.375. The standard InChI is InChI=1S/C16H19FN4O4.ClH/c1-18-21-8-10(16(24)25)14(22)9-7-11(17)13(15(23)12(9)21)20-5-3-19(2)4-6-20;/h7-8,18,23H,3-6H2,1-2H3,(H,24,25);1H. The number of aromatic hydroxyl groups is 1. The van der Waals surface area contributed by atoms with E-state index in [4.69, 9.17) is 5.11 Å². The van der Waals surface area contributed by atoms with Crippen LogP contribution in [-0.2, 0) is 0 Å². The van der Waals surface area contributed by atoms with E-state index >= 15 is 0 Å². The molecule has 142 valence electrons. The van der Waals surface area contributed by atoms with Gasteiger partial charge in [0.1, 0.15) is 16.8 Å². The number of halogens is 2. The van der Waals surface area contributed by atoms with E-state index in [0.717, 1.165) is 12.3 Å². The Balaban J connectivity index is 0.00000243. The maximum atomic E-state index is 14.7. The normalized spacial score (nSPS) is 15.0. The van der Waals surface area contributed by atoms with Crippen LogP contribution < -0.4 is 15.8 Å². The van der Waals surface area contributed by atoms with E-state index in [1.807, 2.05) is 7.05 Å². The van der Waals surface area contributed by atoms with Gasteiger partial charge >= 0.3 is 5.97 Å². The summed E-state index contributed by atoms with van der Waals surface area (Å²) >= 11 is 0. The van der Waals surface area contributed by atoms with Gasteiger partial charge in [0, 0.05) is 39.4 Å². The number of rotatable bonds is 3. The van der Waals surface area contributed by atoms with Gasteiger partial charge in [0.15, 0.2) is 11.6 Å². The number of benzene rings is 1. The van der Waals surface area contributed by atoms with E-state index in [0.29, 0.717) is 26.2 Å². The lowest BCUT2D eigenvalue weighted by Crippen LogP contribution is -2.44. The van der Waals surface area contributed by atoms with Crippen molar-refractivity contribution in [2.75, 3.05) is 50.6 Å². The van der Waals surface area contributed by atoms with E-state index in [9.17, 15) is 19.1 Å². The molecule has 0 bridgehead atoms. The third-order valence-electron chi connectivity index (χ3n) is 4.48. The smallest absolute Gasteiger partial charge is 0.341 e. The Morgan fingerprint density at radius 3 is 2.42 bits per heavy atom. The number of phenols is 1. The molecule has 1 fully saturated rings. The molecule has 8 nitrogen and oxygen atoms in total. The molecule has 1 aliphatic rings. The van der Waals surface area contributed by atoms with Gasteiger partial charge in [-0.15, -0.1) is 12.4 Å². The predicted octanol–water partition coefficient (Wildman–Crippen LogP) is 0.891. The fourth-order valence-corrected chi connectivity index (χ4v) is 3.09. The number of phenolic OH excluding ortho intramolecular Hbond substituents is 1. The molecule has 3 N–H and O–H groups in total. The number of piperazine rings is 1. The largest absolute Gasteiger partial charge is 0.504 e. The minimum Gasteiger partial charge on any atom is -0.504 e. The summed E-state index contributed by atoms with van der Waals surface area (Å²) in [6.07, 6.45) is 1.08. The lowest BCUT2D eigenvalue weighted by molar-refractivity contribution is 0.0695. The molecule has 2 heterocycles. The molecule has 2 aromatic rings. The zero-order chi connectivity index (χ0) is 18.3. The summed E-state index contributed by atoms with van der Waals surface area (Å²) in [5, 5.41) is 19.6. The Bertz CT molecular complexity index is 909. The van der Waals surface area contributed by atoms with Gasteiger partial charge in [-0.25, -0.2) is 9.18 Å². The summed E-state index contributed by atoms with van der Waals surface area (Å²) in [4.78, 5) is 27.4. The summed E-state index contributed by atoms with van der Waals surface area (Å²) in [6.45, 7) is 2.49. The van der Waals surface area contributed by atoms with Crippen molar-refractivity contribution < 1.29 is 19.4 Å². The van der Waals surface area contributed by atoms with Crippen molar-refractivity contribution >= 4 is 35.0 Å². The fourth-order valence-electron chi connectivity index (χ4n) is 3.09. The Hall–Kier alpha value is -2.52. The lowest BCUT2D eigenvalue weighted by Gasteiger charge is -2.34. The lowest BCUT2D eigenvalue weighted by atomic mass is 10.1. The van der Waals surface area contributed by atoms with Crippen molar-refractivity contribution in [2.24, 2.45) is 0 Å². The van der Waals surface area contributed by atoms with Crippen molar-refractivity contribution in [3.63, 3.8) is 0 Å². The van der Waals surface area contributed by atoms with Crippen LogP contribution in [0.4, 0.5) is 10.1 Å². The number of fused-ring (bicyclic) bond motifs is 1. The van der Waals surface area contributed by atoms with E-state index in [-0.39, 0.29) is 34.7 Å². The number of nitrogens with one attached hydrogen (secondary N) is 1. The van der Waals surface area contributed by atoms with Gasteiger partial charge in [0.05, 0.1) is 5.39 Å². The van der Waals surface area contributed by atoms with Crippen LogP contribution in [0.1, 0.15) is 10.4 Å². The van der Waals surface area contributed by atoms with Gasteiger partial charge in [-0.05, 0) is 13.1 Å². The number of likely N-dealkylation sites (N-methyl/N-ethyl adjacent to an activating group) is 1. The van der Waals surface area contributed by atoms with Crippen LogP contribution in [0.25, 0.3) is 10.9 Å². The van der Waals surface area contributed by atoms with Crippen LogP contribution in [0.3, 0.4) is 0 Å². The number of nitrogens with zero attached hydrogens (tertiary/aromatic N) is 3. The number of hydrogen-bond acceptors (Lipinski definition) is 6. The molecule has 0 radical (unpaired) electrons. The van der Waals surface area contributed by atoms with Crippen LogP contribution >= 0.6 is 12.4 Å². The SMILES string of the molecule is CNn1cc(C(=O)O)c(=O)c2cc(F)c(N3CCN(C)CC3)c(O)c21.Cl. The molecular weight excluding hydrogens is 367 g/mol. The van der Waals surface area contributed by atoms with Gasteiger partial charge in [-0.2, -0.15) is 0 Å². The molecule has 0 amide bonds. The summed E-state index contributed by atoms with van der Waals surface area (Å²) in [6, 6.07) is 0.991. The first-order chi connectivity index (χ1) is 11.8. The van der Waals surface area contributed by atoms with Crippen LogP contribution in [0.2, 0.25) is 0 Å². The number of carbonyl (C=O) groups is 1. The first kappa shape index (κ1) is 19.8. The van der Waals surface area contributed by atoms with E-state index in [2.05, 4.69) is 10.3 Å². The number of pyridine rings is 1. The van der Waals surface area contributed by atoms with Crippen molar-refractivity contribution in [3.05, 3.63) is 33.9 Å². The maximum absolute atomic E-state index is 14.7. The second-order valence-electron chi connectivity index (χ2n) is 6.01. The number of carboxylic acid groups (broad SMARTS) is 1. The van der Waals surface area contributed by atoms with E-state index in [1.165, 1.54) is 11.7 Å². The quantitative estimate of drug-likeness (QED) is 0.720. The molecule has 0 spiro atoms. The van der Waals surface area contributed by atoms with Crippen molar-refractivity contribution in [1.82, 2.24) is 9.58 Å². The monoisotopic (exact) mass is 386 g/mol. The number of aromatic nitrogens is 1. The van der Waals surface area contributed by atoms with Gasteiger partial charge in [-0.1, -0.05) is 0 Å². The van der Waals surface area contributed by atoms with Crippen LogP contribution in [0.5, 0.6) is 5.75 Å². The van der Waals surface area contributed by atoms with Gasteiger partial charge in [0.25, 0.3) is 0 Å². The van der Waals surface area contributed by atoms with E-state index in [1.54, 1.807) is 4.90 Å². The first-order valence-corrected chi connectivity index (χ1v) is 7.80. The number of aromatic carboxylic acids is 1. The van der Waals surface area contributed by atoms with Crippen molar-refractivity contribution in [2.45, 2.75) is 0 Å². The molecule has 1 aliphatic heterocycles. The molecule has 0 aliphatic carbocycles. The molecular formula is C16H20ClFN4O4. The number of anilines is 1.